The van der Waals surface area contributed by atoms with Crippen LogP contribution < -0.4 is 0 Å². The normalized spacial score (nSPS) is 12.8. The van der Waals surface area contributed by atoms with E-state index in [0.717, 1.165) is 25.0 Å². The Labute approximate surface area is 120 Å². The second kappa shape index (κ2) is 6.70. The standard InChI is InChI=1S/C15H24N4O/c1-4-14-9-15(18(3)17-14)6-5-12(2)13-10-16-19(11-13)7-8-20/h9-12,20H,4-8H2,1-3H3/t12-/m0/s1. The number of rotatable bonds is 7. The zero-order valence-corrected chi connectivity index (χ0v) is 12.6. The molecular weight excluding hydrogens is 252 g/mol. The summed E-state index contributed by atoms with van der Waals surface area (Å²) in [6, 6.07) is 2.20. The van der Waals surface area contributed by atoms with Gasteiger partial charge in [0.2, 0.25) is 0 Å². The molecule has 0 aliphatic carbocycles. The SMILES string of the molecule is CCc1cc(CC[C@H](C)c2cnn(CCO)c2)n(C)n1. The summed E-state index contributed by atoms with van der Waals surface area (Å²) < 4.78 is 3.78. The third kappa shape index (κ3) is 3.48. The lowest BCUT2D eigenvalue weighted by atomic mass is 9.98. The fourth-order valence-corrected chi connectivity index (χ4v) is 2.37. The van der Waals surface area contributed by atoms with Crippen molar-refractivity contribution in [3.8, 4) is 0 Å². The van der Waals surface area contributed by atoms with Gasteiger partial charge in [0.05, 0.1) is 25.0 Å². The molecule has 5 heteroatoms. The molecule has 0 saturated carbocycles. The van der Waals surface area contributed by atoms with E-state index in [2.05, 4.69) is 30.1 Å². The number of aryl methyl sites for hydroxylation is 3. The first-order valence-electron chi connectivity index (χ1n) is 7.29. The molecule has 0 aromatic carbocycles. The van der Waals surface area contributed by atoms with Crippen LogP contribution in [0.5, 0.6) is 0 Å². The van der Waals surface area contributed by atoms with Crippen molar-refractivity contribution in [3.63, 3.8) is 0 Å². The van der Waals surface area contributed by atoms with Gasteiger partial charge in [-0.25, -0.2) is 0 Å². The van der Waals surface area contributed by atoms with Crippen molar-refractivity contribution in [2.24, 2.45) is 7.05 Å². The Hall–Kier alpha value is -1.62. The summed E-state index contributed by atoms with van der Waals surface area (Å²) in [7, 11) is 2.01. The van der Waals surface area contributed by atoms with E-state index in [0.29, 0.717) is 12.5 Å². The fourth-order valence-electron chi connectivity index (χ4n) is 2.37. The predicted octanol–water partition coefficient (Wildman–Crippen LogP) is 1.91. The van der Waals surface area contributed by atoms with Crippen LogP contribution in [0.1, 0.15) is 43.1 Å². The van der Waals surface area contributed by atoms with Crippen LogP contribution in [0, 0.1) is 0 Å². The van der Waals surface area contributed by atoms with Crippen LogP contribution in [0.4, 0.5) is 0 Å². The summed E-state index contributed by atoms with van der Waals surface area (Å²) in [4.78, 5) is 0. The lowest BCUT2D eigenvalue weighted by molar-refractivity contribution is 0.269. The van der Waals surface area contributed by atoms with E-state index in [9.17, 15) is 0 Å². The molecular formula is C15H24N4O. The van der Waals surface area contributed by atoms with E-state index in [1.807, 2.05) is 24.1 Å². The molecule has 0 bridgehead atoms. The lowest BCUT2D eigenvalue weighted by Gasteiger charge is -2.09. The van der Waals surface area contributed by atoms with Crippen molar-refractivity contribution in [2.75, 3.05) is 6.61 Å². The summed E-state index contributed by atoms with van der Waals surface area (Å²) in [5, 5.41) is 17.6. The molecule has 2 aromatic heterocycles. The van der Waals surface area contributed by atoms with Gasteiger partial charge in [0, 0.05) is 18.9 Å². The zero-order valence-electron chi connectivity index (χ0n) is 12.6. The molecule has 0 aliphatic rings. The quantitative estimate of drug-likeness (QED) is 0.840. The highest BCUT2D eigenvalue weighted by atomic mass is 16.3. The largest absolute Gasteiger partial charge is 0.394 e. The number of aliphatic hydroxyl groups excluding tert-OH is 1. The maximum absolute atomic E-state index is 8.91. The highest BCUT2D eigenvalue weighted by Crippen LogP contribution is 2.21. The van der Waals surface area contributed by atoms with Crippen molar-refractivity contribution in [2.45, 2.75) is 45.6 Å². The molecule has 20 heavy (non-hydrogen) atoms. The summed E-state index contributed by atoms with van der Waals surface area (Å²) in [5.74, 6) is 0.461. The summed E-state index contributed by atoms with van der Waals surface area (Å²) in [6.45, 7) is 5.04. The van der Waals surface area contributed by atoms with Crippen molar-refractivity contribution in [3.05, 3.63) is 35.4 Å². The van der Waals surface area contributed by atoms with Crippen LogP contribution in [-0.4, -0.2) is 31.3 Å². The maximum atomic E-state index is 8.91. The Morgan fingerprint density at radius 2 is 2.20 bits per heavy atom. The van der Waals surface area contributed by atoms with Gasteiger partial charge >= 0.3 is 0 Å². The summed E-state index contributed by atoms with van der Waals surface area (Å²) >= 11 is 0. The molecule has 0 spiro atoms. The van der Waals surface area contributed by atoms with Crippen LogP contribution in [-0.2, 0) is 26.4 Å². The second-order valence-electron chi connectivity index (χ2n) is 5.30. The molecule has 5 nitrogen and oxygen atoms in total. The topological polar surface area (TPSA) is 55.9 Å². The first-order chi connectivity index (χ1) is 9.63. The average molecular weight is 276 g/mol. The highest BCUT2D eigenvalue weighted by molar-refractivity contribution is 5.13. The van der Waals surface area contributed by atoms with Gasteiger partial charge in [0.1, 0.15) is 0 Å². The third-order valence-corrected chi connectivity index (χ3v) is 3.77. The average Bonchev–Trinajstić information content (AvgIpc) is 3.03. The number of hydrogen-bond acceptors (Lipinski definition) is 3. The summed E-state index contributed by atoms with van der Waals surface area (Å²) in [5.41, 5.74) is 3.68. The smallest absolute Gasteiger partial charge is 0.0640 e. The molecule has 1 atom stereocenters. The van der Waals surface area contributed by atoms with E-state index >= 15 is 0 Å². The Bertz CT molecular complexity index is 544. The van der Waals surface area contributed by atoms with E-state index in [4.69, 9.17) is 5.11 Å². The van der Waals surface area contributed by atoms with Gasteiger partial charge in [-0.2, -0.15) is 10.2 Å². The van der Waals surface area contributed by atoms with Crippen molar-refractivity contribution in [1.82, 2.24) is 19.6 Å². The molecule has 0 fully saturated rings. The van der Waals surface area contributed by atoms with E-state index in [1.54, 1.807) is 4.68 Å². The molecule has 2 aromatic rings. The van der Waals surface area contributed by atoms with Gasteiger partial charge in [0.15, 0.2) is 0 Å². The Morgan fingerprint density at radius 1 is 1.40 bits per heavy atom. The third-order valence-electron chi connectivity index (χ3n) is 3.77. The molecule has 0 aliphatic heterocycles. The fraction of sp³-hybridized carbons (Fsp3) is 0.600. The van der Waals surface area contributed by atoms with Gasteiger partial charge in [-0.05, 0) is 36.8 Å². The molecule has 1 N–H and O–H groups in total. The van der Waals surface area contributed by atoms with Gasteiger partial charge in [0.25, 0.3) is 0 Å². The van der Waals surface area contributed by atoms with Crippen molar-refractivity contribution in [1.29, 1.82) is 0 Å². The Balaban J connectivity index is 1.93. The molecule has 110 valence electrons. The van der Waals surface area contributed by atoms with Crippen LogP contribution in [0.15, 0.2) is 18.5 Å². The van der Waals surface area contributed by atoms with Crippen LogP contribution in [0.2, 0.25) is 0 Å². The highest BCUT2D eigenvalue weighted by Gasteiger charge is 2.11. The maximum Gasteiger partial charge on any atom is 0.0640 e. The molecule has 0 unspecified atom stereocenters. The van der Waals surface area contributed by atoms with Crippen molar-refractivity contribution < 1.29 is 5.11 Å². The minimum Gasteiger partial charge on any atom is -0.394 e. The molecule has 0 radical (unpaired) electrons. The number of hydrogen-bond donors (Lipinski definition) is 1. The van der Waals surface area contributed by atoms with Gasteiger partial charge in [-0.15, -0.1) is 0 Å². The van der Waals surface area contributed by atoms with E-state index in [1.165, 1.54) is 11.3 Å². The predicted molar refractivity (Wildman–Crippen MR) is 78.6 cm³/mol. The number of aliphatic hydroxyl groups is 1. The minimum absolute atomic E-state index is 0.129. The number of nitrogens with zero attached hydrogens (tertiary/aromatic N) is 4. The second-order valence-corrected chi connectivity index (χ2v) is 5.30. The van der Waals surface area contributed by atoms with Crippen LogP contribution >= 0.6 is 0 Å². The first kappa shape index (κ1) is 14.8. The van der Waals surface area contributed by atoms with Gasteiger partial charge in [-0.3, -0.25) is 9.36 Å². The molecule has 2 heterocycles. The van der Waals surface area contributed by atoms with Crippen LogP contribution in [0.3, 0.4) is 0 Å². The monoisotopic (exact) mass is 276 g/mol. The zero-order chi connectivity index (χ0) is 14.5. The minimum atomic E-state index is 0.129. The lowest BCUT2D eigenvalue weighted by Crippen LogP contribution is -2.03. The first-order valence-corrected chi connectivity index (χ1v) is 7.29. The van der Waals surface area contributed by atoms with Gasteiger partial charge < -0.3 is 5.11 Å². The van der Waals surface area contributed by atoms with Gasteiger partial charge in [-0.1, -0.05) is 13.8 Å². The number of aromatic nitrogens is 4. The Kier molecular flexibility index (Phi) is 4.95. The van der Waals surface area contributed by atoms with Crippen molar-refractivity contribution >= 4 is 0 Å². The van der Waals surface area contributed by atoms with E-state index < -0.39 is 0 Å². The molecule has 0 saturated heterocycles. The van der Waals surface area contributed by atoms with E-state index in [-0.39, 0.29) is 6.61 Å². The Morgan fingerprint density at radius 3 is 2.85 bits per heavy atom. The van der Waals surface area contributed by atoms with Crippen LogP contribution in [0.25, 0.3) is 0 Å². The molecule has 0 amide bonds. The molecule has 2 rings (SSSR count). The summed E-state index contributed by atoms with van der Waals surface area (Å²) in [6.07, 6.45) is 7.02.